The lowest BCUT2D eigenvalue weighted by Crippen LogP contribution is -2.49. The first-order chi connectivity index (χ1) is 6.58. The molecule has 0 saturated carbocycles. The maximum atomic E-state index is 12.3. The van der Waals surface area contributed by atoms with Gasteiger partial charge >= 0.3 is 6.18 Å². The van der Waals surface area contributed by atoms with Gasteiger partial charge in [0.15, 0.2) is 0 Å². The van der Waals surface area contributed by atoms with E-state index in [9.17, 15) is 21.6 Å². The van der Waals surface area contributed by atoms with Crippen molar-refractivity contribution < 1.29 is 21.6 Å². The van der Waals surface area contributed by atoms with Gasteiger partial charge in [-0.25, -0.2) is 8.42 Å². The molecule has 0 heterocycles. The average Bonchev–Trinajstić information content (AvgIpc) is 1.98. The average molecular weight is 248 g/mol. The molecule has 4 nitrogen and oxygen atoms in total. The standard InChI is InChI=1S/C7H15F3N2O2S/c1-12(3-4-15(2,13)14)6(5-11)7(8,9)10/h6H,3-5,11H2,1-2H3. The molecule has 1 unspecified atom stereocenters. The molecule has 0 fully saturated rings. The second kappa shape index (κ2) is 5.13. The first-order valence-corrected chi connectivity index (χ1v) is 6.28. The van der Waals surface area contributed by atoms with Crippen LogP contribution in [0.3, 0.4) is 0 Å². The molecule has 0 aromatic heterocycles. The number of nitrogens with two attached hydrogens (primary N) is 1. The van der Waals surface area contributed by atoms with Gasteiger partial charge in [0.1, 0.15) is 15.9 Å². The number of sulfone groups is 1. The largest absolute Gasteiger partial charge is 0.405 e. The molecular formula is C7H15F3N2O2S. The highest BCUT2D eigenvalue weighted by Crippen LogP contribution is 2.23. The van der Waals surface area contributed by atoms with E-state index >= 15 is 0 Å². The summed E-state index contributed by atoms with van der Waals surface area (Å²) in [4.78, 5) is 0.904. The van der Waals surface area contributed by atoms with Crippen molar-refractivity contribution >= 4 is 9.84 Å². The quantitative estimate of drug-likeness (QED) is 0.735. The van der Waals surface area contributed by atoms with Crippen LogP contribution in [0.1, 0.15) is 0 Å². The van der Waals surface area contributed by atoms with E-state index in [1.165, 1.54) is 7.05 Å². The maximum absolute atomic E-state index is 12.3. The topological polar surface area (TPSA) is 63.4 Å². The Morgan fingerprint density at radius 3 is 2.13 bits per heavy atom. The molecule has 0 aliphatic rings. The van der Waals surface area contributed by atoms with Crippen LogP contribution in [0, 0.1) is 0 Å². The van der Waals surface area contributed by atoms with Crippen molar-refractivity contribution in [2.24, 2.45) is 5.73 Å². The third-order valence-corrected chi connectivity index (χ3v) is 2.87. The Labute approximate surface area is 87.2 Å². The molecule has 0 spiro atoms. The number of alkyl halides is 3. The molecule has 1 atom stereocenters. The Bertz CT molecular complexity index is 289. The predicted octanol–water partition coefficient (Wildman–Crippen LogP) is -0.148. The Kier molecular flexibility index (Phi) is 5.01. The Hall–Kier alpha value is -0.340. The van der Waals surface area contributed by atoms with E-state index in [2.05, 4.69) is 0 Å². The van der Waals surface area contributed by atoms with Crippen LogP contribution in [0.25, 0.3) is 0 Å². The summed E-state index contributed by atoms with van der Waals surface area (Å²) in [6, 6.07) is -1.79. The molecule has 8 heteroatoms. The Morgan fingerprint density at radius 2 is 1.87 bits per heavy atom. The fourth-order valence-corrected chi connectivity index (χ4v) is 1.65. The Morgan fingerprint density at radius 1 is 1.40 bits per heavy atom. The summed E-state index contributed by atoms with van der Waals surface area (Å²) in [6.45, 7) is -0.760. The van der Waals surface area contributed by atoms with Crippen LogP contribution in [0.5, 0.6) is 0 Å². The van der Waals surface area contributed by atoms with Crippen molar-refractivity contribution in [3.05, 3.63) is 0 Å². The van der Waals surface area contributed by atoms with E-state index in [0.717, 1.165) is 11.2 Å². The molecule has 0 aliphatic carbocycles. The maximum Gasteiger partial charge on any atom is 0.405 e. The van der Waals surface area contributed by atoms with Crippen LogP contribution in [0.15, 0.2) is 0 Å². The monoisotopic (exact) mass is 248 g/mol. The summed E-state index contributed by atoms with van der Waals surface area (Å²) >= 11 is 0. The summed E-state index contributed by atoms with van der Waals surface area (Å²) in [7, 11) is -2.05. The molecule has 0 saturated heterocycles. The van der Waals surface area contributed by atoms with Gasteiger partial charge in [-0.15, -0.1) is 0 Å². The van der Waals surface area contributed by atoms with Crippen molar-refractivity contribution in [2.75, 3.05) is 32.1 Å². The molecule has 0 amide bonds. The van der Waals surface area contributed by atoms with Crippen molar-refractivity contribution in [3.8, 4) is 0 Å². The van der Waals surface area contributed by atoms with E-state index in [-0.39, 0.29) is 12.3 Å². The molecule has 0 aromatic rings. The van der Waals surface area contributed by atoms with Gasteiger partial charge in [-0.1, -0.05) is 0 Å². The minimum atomic E-state index is -4.43. The summed E-state index contributed by atoms with van der Waals surface area (Å²) in [5, 5.41) is 0. The highest BCUT2D eigenvalue weighted by molar-refractivity contribution is 7.90. The minimum Gasteiger partial charge on any atom is -0.329 e. The molecule has 2 N–H and O–H groups in total. The number of rotatable bonds is 5. The van der Waals surface area contributed by atoms with E-state index in [4.69, 9.17) is 5.73 Å². The lowest BCUT2D eigenvalue weighted by Gasteiger charge is -2.28. The fraction of sp³-hybridized carbons (Fsp3) is 1.00. The van der Waals surface area contributed by atoms with Crippen LogP contribution < -0.4 is 5.73 Å². The van der Waals surface area contributed by atoms with Gasteiger partial charge in [-0.2, -0.15) is 13.2 Å². The van der Waals surface area contributed by atoms with E-state index in [1.807, 2.05) is 0 Å². The number of hydrogen-bond acceptors (Lipinski definition) is 4. The SMILES string of the molecule is CN(CCS(C)(=O)=O)C(CN)C(F)(F)F. The summed E-state index contributed by atoms with van der Waals surface area (Å²) < 4.78 is 58.5. The van der Waals surface area contributed by atoms with E-state index in [1.54, 1.807) is 0 Å². The number of likely N-dealkylation sites (N-methyl/N-ethyl adjacent to an activating group) is 1. The Balaban J connectivity index is 4.36. The molecule has 0 radical (unpaired) electrons. The van der Waals surface area contributed by atoms with Crippen LogP contribution in [0.2, 0.25) is 0 Å². The van der Waals surface area contributed by atoms with Crippen molar-refractivity contribution in [2.45, 2.75) is 12.2 Å². The minimum absolute atomic E-state index is 0.180. The lowest BCUT2D eigenvalue weighted by molar-refractivity contribution is -0.176. The van der Waals surface area contributed by atoms with Gasteiger partial charge in [0, 0.05) is 19.3 Å². The third-order valence-electron chi connectivity index (χ3n) is 1.95. The van der Waals surface area contributed by atoms with Gasteiger partial charge in [0.2, 0.25) is 0 Å². The van der Waals surface area contributed by atoms with Gasteiger partial charge in [0.05, 0.1) is 5.75 Å². The number of hydrogen-bond donors (Lipinski definition) is 1. The summed E-state index contributed by atoms with van der Waals surface area (Å²) in [5.74, 6) is -0.309. The lowest BCUT2D eigenvalue weighted by atomic mass is 10.2. The van der Waals surface area contributed by atoms with Crippen molar-refractivity contribution in [1.82, 2.24) is 4.90 Å². The predicted molar refractivity (Wildman–Crippen MR) is 51.2 cm³/mol. The highest BCUT2D eigenvalue weighted by Gasteiger charge is 2.41. The molecule has 0 aliphatic heterocycles. The molecule has 0 aromatic carbocycles. The van der Waals surface area contributed by atoms with Crippen LogP contribution in [0.4, 0.5) is 13.2 Å². The fourth-order valence-electron chi connectivity index (χ4n) is 1.03. The van der Waals surface area contributed by atoms with Crippen LogP contribution in [-0.4, -0.2) is 57.7 Å². The highest BCUT2D eigenvalue weighted by atomic mass is 32.2. The van der Waals surface area contributed by atoms with Gasteiger partial charge < -0.3 is 5.73 Å². The molecule has 0 bridgehead atoms. The number of nitrogens with zero attached hydrogens (tertiary/aromatic N) is 1. The molecular weight excluding hydrogens is 233 g/mol. The van der Waals surface area contributed by atoms with Crippen LogP contribution >= 0.6 is 0 Å². The van der Waals surface area contributed by atoms with E-state index in [0.29, 0.717) is 0 Å². The molecule has 0 rings (SSSR count). The van der Waals surface area contributed by atoms with Crippen molar-refractivity contribution in [1.29, 1.82) is 0 Å². The van der Waals surface area contributed by atoms with Gasteiger partial charge in [-0.05, 0) is 7.05 Å². The zero-order valence-corrected chi connectivity index (χ0v) is 9.40. The van der Waals surface area contributed by atoms with Gasteiger partial charge in [-0.3, -0.25) is 4.90 Å². The van der Waals surface area contributed by atoms with Crippen LogP contribution in [-0.2, 0) is 9.84 Å². The zero-order chi connectivity index (χ0) is 12.3. The first-order valence-electron chi connectivity index (χ1n) is 4.22. The second-order valence-corrected chi connectivity index (χ2v) is 5.66. The van der Waals surface area contributed by atoms with E-state index < -0.39 is 28.6 Å². The molecule has 15 heavy (non-hydrogen) atoms. The molecule has 92 valence electrons. The normalized spacial score (nSPS) is 15.7. The number of halogens is 3. The first kappa shape index (κ1) is 14.7. The van der Waals surface area contributed by atoms with Gasteiger partial charge in [0.25, 0.3) is 0 Å². The summed E-state index contributed by atoms with van der Waals surface area (Å²) in [5.41, 5.74) is 4.99. The third kappa shape index (κ3) is 5.95. The smallest absolute Gasteiger partial charge is 0.329 e. The second-order valence-electron chi connectivity index (χ2n) is 3.40. The summed E-state index contributed by atoms with van der Waals surface area (Å²) in [6.07, 6.45) is -3.45. The zero-order valence-electron chi connectivity index (χ0n) is 8.58. The van der Waals surface area contributed by atoms with Crippen molar-refractivity contribution in [3.63, 3.8) is 0 Å².